The van der Waals surface area contributed by atoms with Gasteiger partial charge in [0.25, 0.3) is 15.7 Å². The summed E-state index contributed by atoms with van der Waals surface area (Å²) in [5, 5.41) is 14.6. The molecule has 2 aromatic carbocycles. The number of non-ortho nitro benzene ring substituents is 1. The zero-order valence-corrected chi connectivity index (χ0v) is 12.6. The number of nitro benzene ring substituents is 1. The summed E-state index contributed by atoms with van der Waals surface area (Å²) >= 11 is 5.69. The zero-order chi connectivity index (χ0) is 16.2. The summed E-state index contributed by atoms with van der Waals surface area (Å²) in [4.78, 5) is 12.1. The molecule has 0 aromatic heterocycles. The fraction of sp³-hybridized carbons (Fsp3) is 0. The molecule has 2 aromatic rings. The Balaban J connectivity index is 2.08. The standard InChI is InChI=1S/C13H10ClN3O4S/c14-11-3-7-13(8-4-11)22(20,21)16-15-9-10-1-5-12(6-2-10)17(18)19/h1-9,16H/b15-9+. The number of nitrogens with zero attached hydrogens (tertiary/aromatic N) is 2. The number of rotatable bonds is 5. The molecule has 0 aliphatic heterocycles. The van der Waals surface area contributed by atoms with Gasteiger partial charge in [0.2, 0.25) is 0 Å². The van der Waals surface area contributed by atoms with Gasteiger partial charge in [0.15, 0.2) is 0 Å². The fourth-order valence-corrected chi connectivity index (χ4v) is 2.44. The van der Waals surface area contributed by atoms with Crippen molar-refractivity contribution in [2.75, 3.05) is 0 Å². The van der Waals surface area contributed by atoms with Crippen LogP contribution in [0.4, 0.5) is 5.69 Å². The second-order valence-electron chi connectivity index (χ2n) is 4.16. The molecule has 114 valence electrons. The van der Waals surface area contributed by atoms with Gasteiger partial charge in [0, 0.05) is 17.2 Å². The minimum atomic E-state index is -3.78. The van der Waals surface area contributed by atoms with Gasteiger partial charge in [-0.15, -0.1) is 0 Å². The first-order valence-corrected chi connectivity index (χ1v) is 7.79. The van der Waals surface area contributed by atoms with Gasteiger partial charge in [-0.2, -0.15) is 13.5 Å². The third kappa shape index (κ3) is 4.03. The SMILES string of the molecule is O=[N+]([O-])c1ccc(/C=N/NS(=O)(=O)c2ccc(Cl)cc2)cc1. The third-order valence-corrected chi connectivity index (χ3v) is 4.10. The summed E-state index contributed by atoms with van der Waals surface area (Å²) in [6.45, 7) is 0. The van der Waals surface area contributed by atoms with Crippen molar-refractivity contribution in [2.24, 2.45) is 5.10 Å². The number of hydrazone groups is 1. The van der Waals surface area contributed by atoms with Crippen molar-refractivity contribution in [2.45, 2.75) is 4.90 Å². The highest BCUT2D eigenvalue weighted by Gasteiger charge is 2.12. The lowest BCUT2D eigenvalue weighted by Gasteiger charge is -2.03. The average Bonchev–Trinajstić information content (AvgIpc) is 2.48. The molecule has 9 heteroatoms. The van der Waals surface area contributed by atoms with E-state index in [9.17, 15) is 18.5 Å². The molecule has 0 saturated carbocycles. The number of hydrogen-bond donors (Lipinski definition) is 1. The lowest BCUT2D eigenvalue weighted by atomic mass is 10.2. The molecule has 0 bridgehead atoms. The number of nitrogens with one attached hydrogen (secondary N) is 1. The van der Waals surface area contributed by atoms with Crippen LogP contribution in [0.3, 0.4) is 0 Å². The van der Waals surface area contributed by atoms with E-state index < -0.39 is 14.9 Å². The number of halogens is 1. The van der Waals surface area contributed by atoms with E-state index in [-0.39, 0.29) is 10.6 Å². The first-order valence-electron chi connectivity index (χ1n) is 5.93. The maximum atomic E-state index is 11.9. The van der Waals surface area contributed by atoms with Crippen LogP contribution in [0.2, 0.25) is 5.02 Å². The maximum absolute atomic E-state index is 11.9. The van der Waals surface area contributed by atoms with Crippen molar-refractivity contribution in [1.82, 2.24) is 4.83 Å². The molecule has 0 atom stereocenters. The maximum Gasteiger partial charge on any atom is 0.276 e. The van der Waals surface area contributed by atoms with Gasteiger partial charge in [-0.05, 0) is 42.0 Å². The second-order valence-corrected chi connectivity index (χ2v) is 6.25. The Bertz CT molecular complexity index is 802. The summed E-state index contributed by atoms with van der Waals surface area (Å²) in [5.74, 6) is 0. The molecule has 2 rings (SSSR count). The molecule has 0 heterocycles. The first-order chi connectivity index (χ1) is 10.4. The van der Waals surface area contributed by atoms with Crippen molar-refractivity contribution in [3.8, 4) is 0 Å². The van der Waals surface area contributed by atoms with Crippen LogP contribution < -0.4 is 4.83 Å². The molecule has 0 spiro atoms. The van der Waals surface area contributed by atoms with Crippen LogP contribution in [0.1, 0.15) is 5.56 Å². The van der Waals surface area contributed by atoms with Crippen molar-refractivity contribution >= 4 is 33.5 Å². The van der Waals surface area contributed by atoms with E-state index in [1.807, 2.05) is 4.83 Å². The quantitative estimate of drug-likeness (QED) is 0.513. The van der Waals surface area contributed by atoms with Crippen LogP contribution in [-0.4, -0.2) is 19.6 Å². The van der Waals surface area contributed by atoms with E-state index in [2.05, 4.69) is 5.10 Å². The smallest absolute Gasteiger partial charge is 0.258 e. The topological polar surface area (TPSA) is 102 Å². The molecule has 0 saturated heterocycles. The summed E-state index contributed by atoms with van der Waals surface area (Å²) < 4.78 is 23.8. The van der Waals surface area contributed by atoms with Crippen molar-refractivity contribution in [1.29, 1.82) is 0 Å². The first kappa shape index (κ1) is 15.9. The largest absolute Gasteiger partial charge is 0.276 e. The van der Waals surface area contributed by atoms with E-state index in [1.54, 1.807) is 0 Å². The van der Waals surface area contributed by atoms with Crippen molar-refractivity contribution in [3.05, 3.63) is 69.2 Å². The predicted molar refractivity (Wildman–Crippen MR) is 82.5 cm³/mol. The van der Waals surface area contributed by atoms with Crippen LogP contribution in [-0.2, 0) is 10.0 Å². The second kappa shape index (κ2) is 6.54. The van der Waals surface area contributed by atoms with Crippen LogP contribution >= 0.6 is 11.6 Å². The minimum absolute atomic E-state index is 0.0257. The van der Waals surface area contributed by atoms with Gasteiger partial charge < -0.3 is 0 Å². The highest BCUT2D eigenvalue weighted by Crippen LogP contribution is 2.14. The normalized spacial score (nSPS) is 11.5. The molecule has 1 N–H and O–H groups in total. The van der Waals surface area contributed by atoms with Crippen molar-refractivity contribution in [3.63, 3.8) is 0 Å². The molecular formula is C13H10ClN3O4S. The highest BCUT2D eigenvalue weighted by atomic mass is 35.5. The molecule has 22 heavy (non-hydrogen) atoms. The number of sulfonamides is 1. The summed E-state index contributed by atoms with van der Waals surface area (Å²) in [7, 11) is -3.78. The minimum Gasteiger partial charge on any atom is -0.258 e. The lowest BCUT2D eigenvalue weighted by Crippen LogP contribution is -2.18. The monoisotopic (exact) mass is 339 g/mol. The Morgan fingerprint density at radius 1 is 1.09 bits per heavy atom. The van der Waals surface area contributed by atoms with Gasteiger partial charge in [-0.25, -0.2) is 4.83 Å². The Hall–Kier alpha value is -2.45. The Morgan fingerprint density at radius 3 is 2.23 bits per heavy atom. The average molecular weight is 340 g/mol. The van der Waals surface area contributed by atoms with Crippen LogP contribution in [0.15, 0.2) is 58.5 Å². The third-order valence-electron chi connectivity index (χ3n) is 2.61. The van der Waals surface area contributed by atoms with E-state index in [4.69, 9.17) is 11.6 Å². The molecule has 0 fully saturated rings. The summed E-state index contributed by atoms with van der Waals surface area (Å²) in [5.41, 5.74) is 0.461. The number of benzene rings is 2. The van der Waals surface area contributed by atoms with Gasteiger partial charge >= 0.3 is 0 Å². The van der Waals surface area contributed by atoms with E-state index in [1.165, 1.54) is 54.7 Å². The lowest BCUT2D eigenvalue weighted by molar-refractivity contribution is -0.384. The van der Waals surface area contributed by atoms with Gasteiger partial charge in [-0.3, -0.25) is 10.1 Å². The van der Waals surface area contributed by atoms with E-state index in [0.29, 0.717) is 10.6 Å². The highest BCUT2D eigenvalue weighted by molar-refractivity contribution is 7.89. The Labute approximate surface area is 131 Å². The molecule has 0 unspecified atom stereocenters. The van der Waals surface area contributed by atoms with Crippen LogP contribution in [0.25, 0.3) is 0 Å². The van der Waals surface area contributed by atoms with Gasteiger partial charge in [0.1, 0.15) is 0 Å². The van der Waals surface area contributed by atoms with E-state index in [0.717, 1.165) is 0 Å². The summed E-state index contributed by atoms with van der Waals surface area (Å²) in [6, 6.07) is 11.1. The van der Waals surface area contributed by atoms with Gasteiger partial charge in [0.05, 0.1) is 16.0 Å². The molecule has 7 nitrogen and oxygen atoms in total. The molecule has 0 amide bonds. The molecular weight excluding hydrogens is 330 g/mol. The number of hydrogen-bond acceptors (Lipinski definition) is 5. The fourth-order valence-electron chi connectivity index (χ4n) is 1.52. The Kier molecular flexibility index (Phi) is 4.74. The van der Waals surface area contributed by atoms with Crippen LogP contribution in [0, 0.1) is 10.1 Å². The Morgan fingerprint density at radius 2 is 1.68 bits per heavy atom. The summed E-state index contributed by atoms with van der Waals surface area (Å²) in [6.07, 6.45) is 1.25. The van der Waals surface area contributed by atoms with Crippen molar-refractivity contribution < 1.29 is 13.3 Å². The van der Waals surface area contributed by atoms with Crippen LogP contribution in [0.5, 0.6) is 0 Å². The number of nitro groups is 1. The molecule has 0 aliphatic carbocycles. The molecule has 0 radical (unpaired) electrons. The van der Waals surface area contributed by atoms with E-state index >= 15 is 0 Å². The zero-order valence-electron chi connectivity index (χ0n) is 11.0. The molecule has 0 aliphatic rings. The van der Waals surface area contributed by atoms with Gasteiger partial charge in [-0.1, -0.05) is 11.6 Å². The predicted octanol–water partition coefficient (Wildman–Crippen LogP) is 2.56.